The Labute approximate surface area is 167 Å². The van der Waals surface area contributed by atoms with Crippen molar-refractivity contribution in [3.05, 3.63) is 59.7 Å². The zero-order chi connectivity index (χ0) is 19.8. The fraction of sp³-hybridized carbons (Fsp3) is 0.409. The fourth-order valence-electron chi connectivity index (χ4n) is 3.60. The molecule has 2 aromatic carbocycles. The van der Waals surface area contributed by atoms with Gasteiger partial charge in [-0.05, 0) is 49.7 Å². The van der Waals surface area contributed by atoms with Crippen molar-refractivity contribution in [2.75, 3.05) is 39.2 Å². The number of para-hydroxylation sites is 1. The number of methoxy groups -OCH3 is 2. The number of nitrogens with one attached hydrogen (secondary N) is 1. The molecule has 0 radical (unpaired) electrons. The minimum Gasteiger partial charge on any atom is -0.497 e. The van der Waals surface area contributed by atoms with Gasteiger partial charge in [0.05, 0.1) is 26.3 Å². The number of guanidine groups is 1. The number of nitrogens with zero attached hydrogens (tertiary/aromatic N) is 2. The van der Waals surface area contributed by atoms with Gasteiger partial charge in [-0.15, -0.1) is 0 Å². The minimum atomic E-state index is 0.211. The highest BCUT2D eigenvalue weighted by Gasteiger charge is 2.23. The van der Waals surface area contributed by atoms with E-state index in [0.29, 0.717) is 19.1 Å². The number of hydrogen-bond donors (Lipinski definition) is 2. The highest BCUT2D eigenvalue weighted by molar-refractivity contribution is 5.93. The summed E-state index contributed by atoms with van der Waals surface area (Å²) in [6.07, 6.45) is 2.46. The van der Waals surface area contributed by atoms with Crippen LogP contribution in [0.5, 0.6) is 5.75 Å². The van der Waals surface area contributed by atoms with Crippen LogP contribution in [0.2, 0.25) is 0 Å². The van der Waals surface area contributed by atoms with Gasteiger partial charge in [-0.3, -0.25) is 9.89 Å². The molecule has 1 saturated heterocycles. The third-order valence-electron chi connectivity index (χ3n) is 5.10. The van der Waals surface area contributed by atoms with Crippen molar-refractivity contribution < 1.29 is 9.47 Å². The van der Waals surface area contributed by atoms with Crippen molar-refractivity contribution >= 4 is 11.6 Å². The molecule has 0 bridgehead atoms. The van der Waals surface area contributed by atoms with Crippen LogP contribution in [0.3, 0.4) is 0 Å². The smallest absolute Gasteiger partial charge is 0.193 e. The van der Waals surface area contributed by atoms with Gasteiger partial charge in [0.25, 0.3) is 0 Å². The Morgan fingerprint density at radius 3 is 2.50 bits per heavy atom. The molecule has 2 aromatic rings. The number of nitrogens with two attached hydrogens (primary N) is 1. The maximum Gasteiger partial charge on any atom is 0.193 e. The van der Waals surface area contributed by atoms with Crippen molar-refractivity contribution in [3.63, 3.8) is 0 Å². The fourth-order valence-corrected chi connectivity index (χ4v) is 3.60. The third-order valence-corrected chi connectivity index (χ3v) is 5.10. The van der Waals surface area contributed by atoms with Crippen LogP contribution in [0, 0.1) is 0 Å². The van der Waals surface area contributed by atoms with Crippen LogP contribution in [-0.2, 0) is 11.3 Å². The van der Waals surface area contributed by atoms with Crippen molar-refractivity contribution in [3.8, 4) is 5.75 Å². The minimum absolute atomic E-state index is 0.211. The maximum atomic E-state index is 6.20. The Morgan fingerprint density at radius 2 is 1.82 bits per heavy atom. The number of likely N-dealkylation sites (tertiary alicyclic amines) is 1. The molecule has 1 heterocycles. The molecule has 0 aromatic heterocycles. The summed E-state index contributed by atoms with van der Waals surface area (Å²) in [5, 5.41) is 3.22. The van der Waals surface area contributed by atoms with E-state index < -0.39 is 0 Å². The number of aliphatic imine (C=N–C) groups is 1. The topological polar surface area (TPSA) is 72.1 Å². The zero-order valence-electron chi connectivity index (χ0n) is 16.7. The highest BCUT2D eigenvalue weighted by atomic mass is 16.5. The van der Waals surface area contributed by atoms with Gasteiger partial charge in [0, 0.05) is 18.4 Å². The van der Waals surface area contributed by atoms with Gasteiger partial charge in [-0.2, -0.15) is 0 Å². The van der Waals surface area contributed by atoms with Crippen molar-refractivity contribution in [1.82, 2.24) is 4.90 Å². The lowest BCUT2D eigenvalue weighted by molar-refractivity contribution is 0.185. The molecule has 1 aliphatic heterocycles. The van der Waals surface area contributed by atoms with E-state index in [-0.39, 0.29) is 6.04 Å². The predicted octanol–water partition coefficient (Wildman–Crippen LogP) is 3.41. The molecule has 3 N–H and O–H groups in total. The molecule has 1 aliphatic rings. The summed E-state index contributed by atoms with van der Waals surface area (Å²) >= 11 is 0. The van der Waals surface area contributed by atoms with Gasteiger partial charge in [0.2, 0.25) is 0 Å². The number of hydrogen-bond acceptors (Lipinski definition) is 4. The SMILES string of the molecule is COCc1ccccc1NC(N)=NCC(c1ccc(OC)cc1)N1CCCC1. The van der Waals surface area contributed by atoms with Crippen LogP contribution in [0.25, 0.3) is 0 Å². The molecule has 1 unspecified atom stereocenters. The number of rotatable bonds is 8. The van der Waals surface area contributed by atoms with E-state index in [2.05, 4.69) is 27.3 Å². The summed E-state index contributed by atoms with van der Waals surface area (Å²) < 4.78 is 10.5. The molecule has 0 aliphatic carbocycles. The molecule has 0 spiro atoms. The number of benzene rings is 2. The first-order valence-electron chi connectivity index (χ1n) is 9.73. The van der Waals surface area contributed by atoms with Gasteiger partial charge in [-0.1, -0.05) is 30.3 Å². The molecule has 1 atom stereocenters. The Kier molecular flexibility index (Phi) is 7.28. The lowest BCUT2D eigenvalue weighted by Crippen LogP contribution is -2.30. The molecule has 28 heavy (non-hydrogen) atoms. The van der Waals surface area contributed by atoms with Crippen LogP contribution in [0.1, 0.15) is 30.0 Å². The van der Waals surface area contributed by atoms with E-state index in [1.54, 1.807) is 14.2 Å². The molecular formula is C22H30N4O2. The third kappa shape index (κ3) is 5.24. The van der Waals surface area contributed by atoms with Crippen molar-refractivity contribution in [2.24, 2.45) is 10.7 Å². The number of anilines is 1. The normalized spacial score (nSPS) is 16.1. The van der Waals surface area contributed by atoms with Gasteiger partial charge in [-0.25, -0.2) is 0 Å². The Balaban J connectivity index is 1.73. The second kappa shape index (κ2) is 10.1. The van der Waals surface area contributed by atoms with E-state index in [4.69, 9.17) is 15.2 Å². The zero-order valence-corrected chi connectivity index (χ0v) is 16.7. The van der Waals surface area contributed by atoms with Gasteiger partial charge < -0.3 is 20.5 Å². The summed E-state index contributed by atoms with van der Waals surface area (Å²) in [6.45, 7) is 3.32. The van der Waals surface area contributed by atoms with E-state index in [1.165, 1.54) is 18.4 Å². The predicted molar refractivity (Wildman–Crippen MR) is 114 cm³/mol. The Morgan fingerprint density at radius 1 is 1.11 bits per heavy atom. The molecule has 0 amide bonds. The molecule has 6 heteroatoms. The summed E-state index contributed by atoms with van der Waals surface area (Å²) in [7, 11) is 3.37. The summed E-state index contributed by atoms with van der Waals surface area (Å²) in [5.74, 6) is 1.28. The molecule has 150 valence electrons. The Bertz CT molecular complexity index is 770. The quantitative estimate of drug-likeness (QED) is 0.541. The van der Waals surface area contributed by atoms with Crippen LogP contribution in [0.15, 0.2) is 53.5 Å². The molecule has 0 saturated carbocycles. The molecule has 6 nitrogen and oxygen atoms in total. The van der Waals surface area contributed by atoms with Crippen molar-refractivity contribution in [1.29, 1.82) is 0 Å². The lowest BCUT2D eigenvalue weighted by Gasteiger charge is -2.27. The maximum absolute atomic E-state index is 6.20. The standard InChI is InChI=1S/C22H30N4O2/c1-27-16-18-7-3-4-8-20(18)25-22(23)24-15-21(26-13-5-6-14-26)17-9-11-19(28-2)12-10-17/h3-4,7-12,21H,5-6,13-16H2,1-2H3,(H3,23,24,25). The van der Waals surface area contributed by atoms with Crippen LogP contribution >= 0.6 is 0 Å². The summed E-state index contributed by atoms with van der Waals surface area (Å²) in [4.78, 5) is 7.14. The van der Waals surface area contributed by atoms with Crippen LogP contribution < -0.4 is 15.8 Å². The van der Waals surface area contributed by atoms with E-state index in [9.17, 15) is 0 Å². The van der Waals surface area contributed by atoms with Gasteiger partial charge in [0.1, 0.15) is 5.75 Å². The average Bonchev–Trinajstić information content (AvgIpc) is 3.25. The average molecular weight is 383 g/mol. The van der Waals surface area contributed by atoms with Gasteiger partial charge >= 0.3 is 0 Å². The summed E-state index contributed by atoms with van der Waals surface area (Å²) in [6, 6.07) is 16.4. The first kappa shape index (κ1) is 20.2. The van der Waals surface area contributed by atoms with E-state index >= 15 is 0 Å². The first-order valence-corrected chi connectivity index (χ1v) is 9.73. The largest absolute Gasteiger partial charge is 0.497 e. The first-order chi connectivity index (χ1) is 13.7. The van der Waals surface area contributed by atoms with E-state index in [1.807, 2.05) is 36.4 Å². The summed E-state index contributed by atoms with van der Waals surface area (Å²) in [5.41, 5.74) is 9.41. The molecule has 1 fully saturated rings. The van der Waals surface area contributed by atoms with E-state index in [0.717, 1.165) is 30.1 Å². The Hall–Kier alpha value is -2.57. The second-order valence-electron chi connectivity index (χ2n) is 6.97. The lowest BCUT2D eigenvalue weighted by atomic mass is 10.1. The number of ether oxygens (including phenoxy) is 2. The highest BCUT2D eigenvalue weighted by Crippen LogP contribution is 2.27. The molecule has 3 rings (SSSR count). The monoisotopic (exact) mass is 382 g/mol. The van der Waals surface area contributed by atoms with Gasteiger partial charge in [0.15, 0.2) is 5.96 Å². The van der Waals surface area contributed by atoms with Crippen LogP contribution in [-0.4, -0.2) is 44.7 Å². The van der Waals surface area contributed by atoms with Crippen molar-refractivity contribution in [2.45, 2.75) is 25.5 Å². The second-order valence-corrected chi connectivity index (χ2v) is 6.97. The van der Waals surface area contributed by atoms with Crippen LogP contribution in [0.4, 0.5) is 5.69 Å². The molecular weight excluding hydrogens is 352 g/mol.